The van der Waals surface area contributed by atoms with Gasteiger partial charge in [0.15, 0.2) is 0 Å². The predicted octanol–water partition coefficient (Wildman–Crippen LogP) is 2.81. The maximum atomic E-state index is 5.46. The third-order valence-corrected chi connectivity index (χ3v) is 3.59. The third kappa shape index (κ3) is 5.61. The summed E-state index contributed by atoms with van der Waals surface area (Å²) < 4.78 is 5.46. The largest absolute Gasteiger partial charge is 0.379 e. The zero-order valence-corrected chi connectivity index (χ0v) is 12.1. The predicted molar refractivity (Wildman–Crippen MR) is 75.7 cm³/mol. The molecule has 0 radical (unpaired) electrons. The van der Waals surface area contributed by atoms with E-state index in [9.17, 15) is 0 Å². The Morgan fingerprint density at radius 3 is 2.50 bits per heavy atom. The highest BCUT2D eigenvalue weighted by Crippen LogP contribution is 2.18. The van der Waals surface area contributed by atoms with Crippen LogP contribution in [0.3, 0.4) is 0 Å². The van der Waals surface area contributed by atoms with Gasteiger partial charge in [-0.2, -0.15) is 0 Å². The summed E-state index contributed by atoms with van der Waals surface area (Å²) in [7, 11) is 3.82. The van der Waals surface area contributed by atoms with Crippen LogP contribution in [0.2, 0.25) is 0 Å². The van der Waals surface area contributed by atoms with E-state index < -0.39 is 0 Å². The van der Waals surface area contributed by atoms with Crippen LogP contribution in [0.25, 0.3) is 0 Å². The Bertz CT molecular complexity index is 325. The summed E-state index contributed by atoms with van der Waals surface area (Å²) in [5.41, 5.74) is 1.34. The van der Waals surface area contributed by atoms with Crippen molar-refractivity contribution in [3.63, 3.8) is 0 Å². The average Bonchev–Trinajstić information content (AvgIpc) is 2.40. The van der Waals surface area contributed by atoms with Gasteiger partial charge < -0.3 is 10.1 Å². The summed E-state index contributed by atoms with van der Waals surface area (Å²) in [6, 6.07) is 4.73. The minimum atomic E-state index is -0.0221. The fraction of sp³-hybridized carbons (Fsp3) is 0.667. The number of hydrogen-bond acceptors (Lipinski definition) is 3. The standard InChI is InChI=1S/C15H26N2O/c1-15(2,18-4)10-7-14(16-3)6-5-13-8-11-17-12-9-13/h8-9,11-12,14,16H,5-7,10H2,1-4H3. The Labute approximate surface area is 111 Å². The van der Waals surface area contributed by atoms with E-state index in [1.807, 2.05) is 19.4 Å². The maximum Gasteiger partial charge on any atom is 0.0623 e. The van der Waals surface area contributed by atoms with Crippen LogP contribution in [0.5, 0.6) is 0 Å². The van der Waals surface area contributed by atoms with Crippen molar-refractivity contribution in [1.82, 2.24) is 10.3 Å². The van der Waals surface area contributed by atoms with E-state index in [0.717, 1.165) is 25.7 Å². The van der Waals surface area contributed by atoms with E-state index in [0.29, 0.717) is 6.04 Å². The molecule has 1 aromatic heterocycles. The van der Waals surface area contributed by atoms with E-state index in [1.54, 1.807) is 7.11 Å². The first-order valence-electron chi connectivity index (χ1n) is 6.69. The number of rotatable bonds is 8. The molecule has 0 amide bonds. The Balaban J connectivity index is 2.34. The highest BCUT2D eigenvalue weighted by atomic mass is 16.5. The topological polar surface area (TPSA) is 34.2 Å². The van der Waals surface area contributed by atoms with Crippen molar-refractivity contribution in [2.24, 2.45) is 0 Å². The van der Waals surface area contributed by atoms with E-state index in [-0.39, 0.29) is 5.60 Å². The maximum absolute atomic E-state index is 5.46. The molecule has 3 heteroatoms. The average molecular weight is 250 g/mol. The van der Waals surface area contributed by atoms with Crippen molar-refractivity contribution in [3.8, 4) is 0 Å². The lowest BCUT2D eigenvalue weighted by atomic mass is 9.95. The van der Waals surface area contributed by atoms with Crippen LogP contribution >= 0.6 is 0 Å². The van der Waals surface area contributed by atoms with Gasteiger partial charge >= 0.3 is 0 Å². The van der Waals surface area contributed by atoms with Crippen LogP contribution in [-0.2, 0) is 11.2 Å². The lowest BCUT2D eigenvalue weighted by Crippen LogP contribution is -2.30. The Kier molecular flexibility index (Phi) is 6.30. The lowest BCUT2D eigenvalue weighted by molar-refractivity contribution is 0.0117. The minimum absolute atomic E-state index is 0.0221. The molecule has 0 aliphatic carbocycles. The number of aryl methyl sites for hydroxylation is 1. The molecule has 1 unspecified atom stereocenters. The normalized spacial score (nSPS) is 13.6. The third-order valence-electron chi connectivity index (χ3n) is 3.59. The molecule has 0 spiro atoms. The second-order valence-corrected chi connectivity index (χ2v) is 5.38. The number of nitrogens with one attached hydrogen (secondary N) is 1. The van der Waals surface area contributed by atoms with Crippen LogP contribution in [0.4, 0.5) is 0 Å². The van der Waals surface area contributed by atoms with Gasteiger partial charge in [-0.15, -0.1) is 0 Å². The molecule has 1 atom stereocenters. The van der Waals surface area contributed by atoms with Gasteiger partial charge in [0.2, 0.25) is 0 Å². The molecule has 102 valence electrons. The molecule has 1 heterocycles. The quantitative estimate of drug-likeness (QED) is 0.770. The van der Waals surface area contributed by atoms with Crippen LogP contribution < -0.4 is 5.32 Å². The van der Waals surface area contributed by atoms with E-state index in [1.165, 1.54) is 5.56 Å². The van der Waals surface area contributed by atoms with Gasteiger partial charge in [-0.1, -0.05) is 0 Å². The molecule has 0 bridgehead atoms. The van der Waals surface area contributed by atoms with Gasteiger partial charge in [0, 0.05) is 25.5 Å². The van der Waals surface area contributed by atoms with Crippen molar-refractivity contribution in [2.45, 2.75) is 51.2 Å². The zero-order chi connectivity index (χ0) is 13.4. The van der Waals surface area contributed by atoms with Crippen molar-refractivity contribution >= 4 is 0 Å². The highest BCUT2D eigenvalue weighted by molar-refractivity contribution is 5.09. The van der Waals surface area contributed by atoms with Crippen molar-refractivity contribution in [1.29, 1.82) is 0 Å². The van der Waals surface area contributed by atoms with Crippen molar-refractivity contribution in [3.05, 3.63) is 30.1 Å². The Hall–Kier alpha value is -0.930. The van der Waals surface area contributed by atoms with Gasteiger partial charge in [0.05, 0.1) is 5.60 Å². The summed E-state index contributed by atoms with van der Waals surface area (Å²) in [4.78, 5) is 4.04. The smallest absolute Gasteiger partial charge is 0.0623 e. The highest BCUT2D eigenvalue weighted by Gasteiger charge is 2.18. The number of aromatic nitrogens is 1. The number of nitrogens with zero attached hydrogens (tertiary/aromatic N) is 1. The number of methoxy groups -OCH3 is 1. The van der Waals surface area contributed by atoms with Crippen LogP contribution in [0.15, 0.2) is 24.5 Å². The summed E-state index contributed by atoms with van der Waals surface area (Å²) in [5.74, 6) is 0. The molecule has 1 N–H and O–H groups in total. The zero-order valence-electron chi connectivity index (χ0n) is 12.1. The van der Waals surface area contributed by atoms with E-state index >= 15 is 0 Å². The summed E-state index contributed by atoms with van der Waals surface area (Å²) in [6.07, 6.45) is 8.19. The van der Waals surface area contributed by atoms with Crippen LogP contribution in [0.1, 0.15) is 38.7 Å². The van der Waals surface area contributed by atoms with Gasteiger partial charge in [-0.3, -0.25) is 4.98 Å². The number of pyridine rings is 1. The first-order valence-corrected chi connectivity index (χ1v) is 6.69. The van der Waals surface area contributed by atoms with Crippen molar-refractivity contribution < 1.29 is 4.74 Å². The second-order valence-electron chi connectivity index (χ2n) is 5.38. The summed E-state index contributed by atoms with van der Waals surface area (Å²) in [5, 5.41) is 3.40. The molecule has 1 rings (SSSR count). The first kappa shape index (κ1) is 15.1. The second kappa shape index (κ2) is 7.49. The molecule has 1 aromatic rings. The fourth-order valence-electron chi connectivity index (χ4n) is 1.95. The molecule has 0 aliphatic rings. The molecule has 0 saturated heterocycles. The minimum Gasteiger partial charge on any atom is -0.379 e. The number of hydrogen-bond donors (Lipinski definition) is 1. The SMILES string of the molecule is CNC(CCc1ccncc1)CCC(C)(C)OC. The monoisotopic (exact) mass is 250 g/mol. The van der Waals surface area contributed by atoms with Crippen LogP contribution in [-0.4, -0.2) is 30.8 Å². The fourth-order valence-corrected chi connectivity index (χ4v) is 1.95. The molecule has 0 aromatic carbocycles. The Morgan fingerprint density at radius 1 is 1.28 bits per heavy atom. The van der Waals surface area contributed by atoms with E-state index in [2.05, 4.69) is 36.3 Å². The lowest BCUT2D eigenvalue weighted by Gasteiger charge is -2.25. The van der Waals surface area contributed by atoms with Gasteiger partial charge in [0.25, 0.3) is 0 Å². The van der Waals surface area contributed by atoms with E-state index in [4.69, 9.17) is 4.74 Å². The number of ether oxygens (including phenoxy) is 1. The molecular weight excluding hydrogens is 224 g/mol. The van der Waals surface area contributed by atoms with Crippen LogP contribution in [0, 0.1) is 0 Å². The van der Waals surface area contributed by atoms with Crippen molar-refractivity contribution in [2.75, 3.05) is 14.2 Å². The molecule has 0 saturated carbocycles. The van der Waals surface area contributed by atoms with Gasteiger partial charge in [-0.05, 0) is 64.3 Å². The Morgan fingerprint density at radius 2 is 1.94 bits per heavy atom. The molecule has 3 nitrogen and oxygen atoms in total. The molecule has 0 aliphatic heterocycles. The molecular formula is C15H26N2O. The molecule has 0 fully saturated rings. The van der Waals surface area contributed by atoms with Gasteiger partial charge in [0.1, 0.15) is 0 Å². The summed E-state index contributed by atoms with van der Waals surface area (Å²) in [6.45, 7) is 4.28. The first-order chi connectivity index (χ1) is 8.57. The summed E-state index contributed by atoms with van der Waals surface area (Å²) >= 11 is 0. The molecule has 18 heavy (non-hydrogen) atoms. The van der Waals surface area contributed by atoms with Gasteiger partial charge in [-0.25, -0.2) is 0 Å².